The van der Waals surface area contributed by atoms with E-state index in [4.69, 9.17) is 5.11 Å². The maximum atomic E-state index is 11.7. The molecule has 0 aliphatic carbocycles. The third-order valence-corrected chi connectivity index (χ3v) is 3.39. The van der Waals surface area contributed by atoms with Gasteiger partial charge in [0.05, 0.1) is 12.0 Å². The SMILES string of the molecule is CS(=O)CCCNC(=O)Cc1ccccc1C(=O)O. The first-order valence-electron chi connectivity index (χ1n) is 5.88. The van der Waals surface area contributed by atoms with Crippen LogP contribution >= 0.6 is 0 Å². The molecule has 19 heavy (non-hydrogen) atoms. The largest absolute Gasteiger partial charge is 0.478 e. The van der Waals surface area contributed by atoms with Gasteiger partial charge >= 0.3 is 5.97 Å². The standard InChI is InChI=1S/C13H17NO4S/c1-19(18)8-4-7-14-12(15)9-10-5-2-3-6-11(10)13(16)17/h2-3,5-6H,4,7-9H2,1H3,(H,14,15)(H,16,17). The number of carbonyl (C=O) groups excluding carboxylic acids is 1. The average Bonchev–Trinajstić information content (AvgIpc) is 2.35. The molecular formula is C13H17NO4S. The maximum Gasteiger partial charge on any atom is 0.335 e. The number of rotatable bonds is 7. The minimum Gasteiger partial charge on any atom is -0.478 e. The van der Waals surface area contributed by atoms with Crippen molar-refractivity contribution in [3.8, 4) is 0 Å². The summed E-state index contributed by atoms with van der Waals surface area (Å²) < 4.78 is 10.8. The lowest BCUT2D eigenvalue weighted by atomic mass is 10.0. The van der Waals surface area contributed by atoms with E-state index in [1.54, 1.807) is 24.5 Å². The molecule has 1 rings (SSSR count). The van der Waals surface area contributed by atoms with E-state index in [9.17, 15) is 13.8 Å². The van der Waals surface area contributed by atoms with Crippen molar-refractivity contribution in [2.75, 3.05) is 18.6 Å². The third-order valence-electron chi connectivity index (χ3n) is 2.53. The van der Waals surface area contributed by atoms with Gasteiger partial charge in [0.25, 0.3) is 0 Å². The zero-order valence-corrected chi connectivity index (χ0v) is 11.5. The van der Waals surface area contributed by atoms with Crippen LogP contribution in [-0.2, 0) is 22.0 Å². The van der Waals surface area contributed by atoms with Gasteiger partial charge in [0, 0.05) is 29.4 Å². The number of nitrogens with one attached hydrogen (secondary N) is 1. The Hall–Kier alpha value is -1.69. The number of carbonyl (C=O) groups is 2. The number of benzene rings is 1. The second-order valence-corrected chi connectivity index (χ2v) is 5.67. The van der Waals surface area contributed by atoms with Crippen molar-refractivity contribution in [1.82, 2.24) is 5.32 Å². The summed E-state index contributed by atoms with van der Waals surface area (Å²) in [5.74, 6) is -0.716. The van der Waals surface area contributed by atoms with Crippen molar-refractivity contribution in [1.29, 1.82) is 0 Å². The van der Waals surface area contributed by atoms with Crippen LogP contribution in [0.25, 0.3) is 0 Å². The smallest absolute Gasteiger partial charge is 0.335 e. The lowest BCUT2D eigenvalue weighted by Crippen LogP contribution is -2.27. The van der Waals surface area contributed by atoms with E-state index in [2.05, 4.69) is 5.32 Å². The van der Waals surface area contributed by atoms with Crippen LogP contribution in [0.5, 0.6) is 0 Å². The molecule has 0 spiro atoms. The molecule has 0 bridgehead atoms. The normalized spacial score (nSPS) is 11.8. The first-order valence-corrected chi connectivity index (χ1v) is 7.61. The number of amides is 1. The van der Waals surface area contributed by atoms with E-state index >= 15 is 0 Å². The maximum absolute atomic E-state index is 11.7. The molecule has 6 heteroatoms. The second kappa shape index (κ2) is 7.68. The summed E-state index contributed by atoms with van der Waals surface area (Å²) in [4.78, 5) is 22.6. The van der Waals surface area contributed by atoms with Gasteiger partial charge in [-0.25, -0.2) is 4.79 Å². The van der Waals surface area contributed by atoms with Gasteiger partial charge in [-0.3, -0.25) is 9.00 Å². The number of carboxylic acid groups (broad SMARTS) is 1. The van der Waals surface area contributed by atoms with Gasteiger partial charge in [-0.1, -0.05) is 18.2 Å². The van der Waals surface area contributed by atoms with Crippen molar-refractivity contribution in [2.24, 2.45) is 0 Å². The van der Waals surface area contributed by atoms with Crippen LogP contribution in [0.4, 0.5) is 0 Å². The van der Waals surface area contributed by atoms with Crippen molar-refractivity contribution in [3.05, 3.63) is 35.4 Å². The molecule has 0 aromatic heterocycles. The molecule has 1 unspecified atom stereocenters. The number of aromatic carboxylic acids is 1. The summed E-state index contributed by atoms with van der Waals surface area (Å²) in [7, 11) is -0.857. The van der Waals surface area contributed by atoms with E-state index in [1.807, 2.05) is 0 Å². The van der Waals surface area contributed by atoms with Crippen LogP contribution in [0.3, 0.4) is 0 Å². The van der Waals surface area contributed by atoms with Crippen LogP contribution in [0, 0.1) is 0 Å². The Morgan fingerprint density at radius 2 is 2.00 bits per heavy atom. The average molecular weight is 283 g/mol. The van der Waals surface area contributed by atoms with E-state index in [0.29, 0.717) is 24.3 Å². The highest BCUT2D eigenvalue weighted by molar-refractivity contribution is 7.84. The van der Waals surface area contributed by atoms with Gasteiger partial charge in [-0.2, -0.15) is 0 Å². The molecule has 0 fully saturated rings. The third kappa shape index (κ3) is 5.65. The van der Waals surface area contributed by atoms with Crippen LogP contribution in [0.1, 0.15) is 22.3 Å². The van der Waals surface area contributed by atoms with Crippen LogP contribution in [0.15, 0.2) is 24.3 Å². The van der Waals surface area contributed by atoms with E-state index in [-0.39, 0.29) is 17.9 Å². The van der Waals surface area contributed by atoms with Gasteiger partial charge in [-0.05, 0) is 18.1 Å². The van der Waals surface area contributed by atoms with Gasteiger partial charge in [0.2, 0.25) is 5.91 Å². The highest BCUT2D eigenvalue weighted by Gasteiger charge is 2.11. The van der Waals surface area contributed by atoms with Crippen molar-refractivity contribution in [2.45, 2.75) is 12.8 Å². The molecule has 5 nitrogen and oxygen atoms in total. The van der Waals surface area contributed by atoms with Crippen molar-refractivity contribution >= 4 is 22.7 Å². The van der Waals surface area contributed by atoms with Crippen molar-refractivity contribution in [3.63, 3.8) is 0 Å². The minimum absolute atomic E-state index is 0.0394. The van der Waals surface area contributed by atoms with Gasteiger partial charge in [-0.15, -0.1) is 0 Å². The quantitative estimate of drug-likeness (QED) is 0.725. The topological polar surface area (TPSA) is 83.5 Å². The molecule has 0 saturated carbocycles. The molecule has 104 valence electrons. The second-order valence-electron chi connectivity index (χ2n) is 4.12. The first-order chi connectivity index (χ1) is 9.00. The molecule has 1 atom stereocenters. The Morgan fingerprint density at radius 1 is 1.32 bits per heavy atom. The van der Waals surface area contributed by atoms with E-state index < -0.39 is 16.8 Å². The van der Waals surface area contributed by atoms with Crippen LogP contribution in [-0.4, -0.2) is 39.7 Å². The molecule has 0 aliphatic rings. The van der Waals surface area contributed by atoms with Crippen LogP contribution < -0.4 is 5.32 Å². The summed E-state index contributed by atoms with van der Waals surface area (Å²) in [6.45, 7) is 0.452. The molecule has 0 saturated heterocycles. The molecule has 0 aliphatic heterocycles. The summed E-state index contributed by atoms with van der Waals surface area (Å²) in [5.41, 5.74) is 0.638. The molecular weight excluding hydrogens is 266 g/mol. The fraction of sp³-hybridized carbons (Fsp3) is 0.385. The number of hydrogen-bond donors (Lipinski definition) is 2. The van der Waals surface area contributed by atoms with Gasteiger partial charge in [0.1, 0.15) is 0 Å². The zero-order valence-electron chi connectivity index (χ0n) is 10.7. The fourth-order valence-corrected chi connectivity index (χ4v) is 2.17. The fourth-order valence-electron chi connectivity index (χ4n) is 1.62. The highest BCUT2D eigenvalue weighted by Crippen LogP contribution is 2.09. The predicted molar refractivity (Wildman–Crippen MR) is 73.7 cm³/mol. The Labute approximate surface area is 114 Å². The predicted octanol–water partition coefficient (Wildman–Crippen LogP) is 0.812. The lowest BCUT2D eigenvalue weighted by molar-refractivity contribution is -0.120. The number of hydrogen-bond acceptors (Lipinski definition) is 3. The van der Waals surface area contributed by atoms with Crippen molar-refractivity contribution < 1.29 is 18.9 Å². The van der Waals surface area contributed by atoms with Crippen LogP contribution in [0.2, 0.25) is 0 Å². The zero-order chi connectivity index (χ0) is 14.3. The van der Waals surface area contributed by atoms with E-state index in [1.165, 1.54) is 6.07 Å². The molecule has 0 radical (unpaired) electrons. The molecule has 1 amide bonds. The highest BCUT2D eigenvalue weighted by atomic mass is 32.2. The molecule has 0 heterocycles. The monoisotopic (exact) mass is 283 g/mol. The minimum atomic E-state index is -1.04. The van der Waals surface area contributed by atoms with Gasteiger partial charge in [0.15, 0.2) is 0 Å². The Balaban J connectivity index is 2.48. The molecule has 1 aromatic carbocycles. The summed E-state index contributed by atoms with van der Waals surface area (Å²) in [6.07, 6.45) is 2.30. The summed E-state index contributed by atoms with van der Waals surface area (Å²) in [5, 5.41) is 11.7. The van der Waals surface area contributed by atoms with Gasteiger partial charge < -0.3 is 10.4 Å². The lowest BCUT2D eigenvalue weighted by Gasteiger charge is -2.07. The van der Waals surface area contributed by atoms with E-state index in [0.717, 1.165) is 0 Å². The summed E-state index contributed by atoms with van der Waals surface area (Å²) >= 11 is 0. The Morgan fingerprint density at radius 3 is 2.63 bits per heavy atom. The summed E-state index contributed by atoms with van der Waals surface area (Å²) in [6, 6.07) is 6.44. The Bertz CT molecular complexity index is 487. The first kappa shape index (κ1) is 15.4. The molecule has 1 aromatic rings. The Kier molecular flexibility index (Phi) is 6.21. The molecule has 2 N–H and O–H groups in total. The number of carboxylic acids is 1.